The van der Waals surface area contributed by atoms with Crippen LogP contribution in [0.4, 0.5) is 0 Å². The Balaban J connectivity index is 0.00000208. The van der Waals surface area contributed by atoms with Crippen molar-refractivity contribution in [1.29, 1.82) is 0 Å². The van der Waals surface area contributed by atoms with Crippen molar-refractivity contribution in [3.63, 3.8) is 0 Å². The number of pyridine rings is 1. The van der Waals surface area contributed by atoms with E-state index in [2.05, 4.69) is 20.0 Å². The average molecular weight is 479 g/mol. The zero-order valence-electron chi connectivity index (χ0n) is 13.4. The molecule has 2 aromatic heterocycles. The molecule has 130 valence electrons. The lowest BCUT2D eigenvalue weighted by molar-refractivity contribution is 0.455. The Morgan fingerprint density at radius 1 is 1.38 bits per heavy atom. The van der Waals surface area contributed by atoms with E-state index in [0.29, 0.717) is 17.5 Å². The van der Waals surface area contributed by atoms with Gasteiger partial charge in [0.25, 0.3) is 0 Å². The molecule has 0 bridgehead atoms. The van der Waals surface area contributed by atoms with Gasteiger partial charge in [0.15, 0.2) is 11.8 Å². The number of guanidine groups is 1. The van der Waals surface area contributed by atoms with Crippen molar-refractivity contribution in [2.75, 3.05) is 24.6 Å². The van der Waals surface area contributed by atoms with Crippen LogP contribution in [-0.2, 0) is 6.54 Å². The lowest BCUT2D eigenvalue weighted by Gasteiger charge is -2.27. The zero-order valence-corrected chi connectivity index (χ0v) is 17.3. The Morgan fingerprint density at radius 3 is 2.79 bits per heavy atom. The fraction of sp³-hybridized carbons (Fsp3) is 0.400. The lowest BCUT2D eigenvalue weighted by atomic mass is 10.2. The molecule has 0 spiro atoms. The summed E-state index contributed by atoms with van der Waals surface area (Å²) in [6.07, 6.45) is 3.33. The first kappa shape index (κ1) is 19.3. The summed E-state index contributed by atoms with van der Waals surface area (Å²) in [5.41, 5.74) is 8.00. The predicted octanol–water partition coefficient (Wildman–Crippen LogP) is 2.71. The third-order valence-electron chi connectivity index (χ3n) is 3.61. The highest BCUT2D eigenvalue weighted by Crippen LogP contribution is 2.16. The standard InChI is InChI=1S/C15H19ClN6S.HI/c1-11-2-3-12(14(20-11)22-10-13(16)9-19-22)8-18-15(17)21-4-6-23-7-5-21;/h2-3,9-10H,4-8H2,1H3,(H2,17,18);1H. The monoisotopic (exact) mass is 478 g/mol. The van der Waals surface area contributed by atoms with Crippen LogP contribution in [0.15, 0.2) is 29.5 Å². The van der Waals surface area contributed by atoms with Gasteiger partial charge in [-0.05, 0) is 13.0 Å². The van der Waals surface area contributed by atoms with Crippen molar-refractivity contribution in [3.8, 4) is 5.82 Å². The molecule has 9 heteroatoms. The molecule has 1 aliphatic heterocycles. The summed E-state index contributed by atoms with van der Waals surface area (Å²) in [5.74, 6) is 3.52. The van der Waals surface area contributed by atoms with Crippen molar-refractivity contribution in [2.45, 2.75) is 13.5 Å². The number of nitrogens with two attached hydrogens (primary N) is 1. The van der Waals surface area contributed by atoms with E-state index in [4.69, 9.17) is 17.3 Å². The molecule has 0 unspecified atom stereocenters. The lowest BCUT2D eigenvalue weighted by Crippen LogP contribution is -2.42. The molecule has 24 heavy (non-hydrogen) atoms. The van der Waals surface area contributed by atoms with Crippen LogP contribution in [0.2, 0.25) is 5.02 Å². The summed E-state index contributed by atoms with van der Waals surface area (Å²) in [6, 6.07) is 3.98. The minimum Gasteiger partial charge on any atom is -0.370 e. The van der Waals surface area contributed by atoms with Crippen molar-refractivity contribution in [3.05, 3.63) is 40.8 Å². The smallest absolute Gasteiger partial charge is 0.191 e. The number of aliphatic imine (C=N–C) groups is 1. The number of hydrogen-bond acceptors (Lipinski definition) is 4. The SMILES string of the molecule is Cc1ccc(CN=C(N)N2CCSCC2)c(-n2cc(Cl)cn2)n1.I. The van der Waals surface area contributed by atoms with Crippen LogP contribution >= 0.6 is 47.3 Å². The Hall–Kier alpha value is -1.000. The van der Waals surface area contributed by atoms with Gasteiger partial charge in [-0.15, -0.1) is 24.0 Å². The van der Waals surface area contributed by atoms with Crippen molar-refractivity contribution < 1.29 is 0 Å². The van der Waals surface area contributed by atoms with Crippen LogP contribution in [0.1, 0.15) is 11.3 Å². The first-order valence-corrected chi connectivity index (χ1v) is 8.96. The molecule has 1 fully saturated rings. The van der Waals surface area contributed by atoms with Crippen LogP contribution in [0.25, 0.3) is 5.82 Å². The molecule has 3 heterocycles. The van der Waals surface area contributed by atoms with Crippen LogP contribution in [0, 0.1) is 6.92 Å². The van der Waals surface area contributed by atoms with E-state index in [1.807, 2.05) is 30.8 Å². The fourth-order valence-electron chi connectivity index (χ4n) is 2.37. The van der Waals surface area contributed by atoms with Crippen LogP contribution in [0.5, 0.6) is 0 Å². The molecule has 1 aliphatic rings. The van der Waals surface area contributed by atoms with Gasteiger partial charge in [0.05, 0.1) is 24.0 Å². The summed E-state index contributed by atoms with van der Waals surface area (Å²) < 4.78 is 1.67. The molecule has 1 saturated heterocycles. The van der Waals surface area contributed by atoms with Gasteiger partial charge in [-0.3, -0.25) is 0 Å². The molecule has 6 nitrogen and oxygen atoms in total. The second-order valence-corrected chi connectivity index (χ2v) is 6.97. The maximum Gasteiger partial charge on any atom is 0.191 e. The van der Waals surface area contributed by atoms with Gasteiger partial charge in [0.1, 0.15) is 0 Å². The van der Waals surface area contributed by atoms with Gasteiger partial charge in [0.2, 0.25) is 0 Å². The van der Waals surface area contributed by atoms with Crippen molar-refractivity contribution in [1.82, 2.24) is 19.7 Å². The van der Waals surface area contributed by atoms with Gasteiger partial charge in [-0.2, -0.15) is 16.9 Å². The molecule has 0 radical (unpaired) electrons. The highest BCUT2D eigenvalue weighted by molar-refractivity contribution is 14.0. The van der Waals surface area contributed by atoms with Gasteiger partial charge in [0, 0.05) is 35.9 Å². The number of hydrogen-bond donors (Lipinski definition) is 1. The first-order chi connectivity index (χ1) is 11.1. The molecular weight excluding hydrogens is 459 g/mol. The van der Waals surface area contributed by atoms with E-state index >= 15 is 0 Å². The van der Waals surface area contributed by atoms with Crippen LogP contribution in [0.3, 0.4) is 0 Å². The molecule has 3 rings (SSSR count). The fourth-order valence-corrected chi connectivity index (χ4v) is 3.41. The maximum atomic E-state index is 6.12. The Bertz CT molecular complexity index is 714. The highest BCUT2D eigenvalue weighted by atomic mass is 127. The van der Waals surface area contributed by atoms with E-state index in [0.717, 1.165) is 41.7 Å². The second-order valence-electron chi connectivity index (χ2n) is 5.31. The molecule has 0 aromatic carbocycles. The minimum absolute atomic E-state index is 0. The van der Waals surface area contributed by atoms with E-state index in [-0.39, 0.29) is 24.0 Å². The Labute approximate surface area is 167 Å². The summed E-state index contributed by atoms with van der Waals surface area (Å²) in [7, 11) is 0. The van der Waals surface area contributed by atoms with Crippen molar-refractivity contribution in [2.24, 2.45) is 10.7 Å². The molecule has 0 saturated carbocycles. The topological polar surface area (TPSA) is 72.3 Å². The summed E-state index contributed by atoms with van der Waals surface area (Å²) in [5, 5.41) is 4.81. The zero-order chi connectivity index (χ0) is 16.2. The third kappa shape index (κ3) is 4.76. The first-order valence-electron chi connectivity index (χ1n) is 7.43. The Kier molecular flexibility index (Phi) is 7.17. The molecule has 2 aromatic rings. The number of aryl methyl sites for hydroxylation is 1. The van der Waals surface area contributed by atoms with E-state index in [9.17, 15) is 0 Å². The second kappa shape index (κ2) is 8.91. The quantitative estimate of drug-likeness (QED) is 0.417. The summed E-state index contributed by atoms with van der Waals surface area (Å²) >= 11 is 7.91. The predicted molar refractivity (Wildman–Crippen MR) is 111 cm³/mol. The summed E-state index contributed by atoms with van der Waals surface area (Å²) in [6.45, 7) is 4.32. The number of halogens is 2. The third-order valence-corrected chi connectivity index (χ3v) is 4.75. The minimum atomic E-state index is 0. The van der Waals surface area contributed by atoms with Gasteiger partial charge >= 0.3 is 0 Å². The molecule has 0 atom stereocenters. The van der Waals surface area contributed by atoms with E-state index in [1.165, 1.54) is 0 Å². The van der Waals surface area contributed by atoms with Crippen molar-refractivity contribution >= 4 is 53.3 Å². The molecule has 0 amide bonds. The largest absolute Gasteiger partial charge is 0.370 e. The van der Waals surface area contributed by atoms with Crippen LogP contribution in [-0.4, -0.2) is 50.2 Å². The molecular formula is C15H20ClIN6S. The average Bonchev–Trinajstić information content (AvgIpc) is 3.00. The number of rotatable bonds is 3. The number of thioether (sulfide) groups is 1. The molecule has 2 N–H and O–H groups in total. The van der Waals surface area contributed by atoms with Crippen LogP contribution < -0.4 is 5.73 Å². The Morgan fingerprint density at radius 2 is 2.12 bits per heavy atom. The number of nitrogens with zero attached hydrogens (tertiary/aromatic N) is 5. The molecule has 0 aliphatic carbocycles. The summed E-state index contributed by atoms with van der Waals surface area (Å²) in [4.78, 5) is 11.2. The highest BCUT2D eigenvalue weighted by Gasteiger charge is 2.13. The maximum absolute atomic E-state index is 6.12. The normalized spacial score (nSPS) is 15.2. The number of aromatic nitrogens is 3. The van der Waals surface area contributed by atoms with Gasteiger partial charge < -0.3 is 10.6 Å². The van der Waals surface area contributed by atoms with Gasteiger partial charge in [-0.1, -0.05) is 17.7 Å². The van der Waals surface area contributed by atoms with E-state index in [1.54, 1.807) is 17.1 Å². The van der Waals surface area contributed by atoms with E-state index < -0.39 is 0 Å². The van der Waals surface area contributed by atoms with Gasteiger partial charge in [-0.25, -0.2) is 14.7 Å².